The lowest BCUT2D eigenvalue weighted by Gasteiger charge is -2.10. The first kappa shape index (κ1) is 14.3. The first-order valence-corrected chi connectivity index (χ1v) is 7.04. The van der Waals surface area contributed by atoms with Crippen LogP contribution in [0, 0.1) is 0 Å². The minimum atomic E-state index is 0.696. The molecule has 0 saturated heterocycles. The Bertz CT molecular complexity index is 549. The van der Waals surface area contributed by atoms with E-state index in [4.69, 9.17) is 16.2 Å². The van der Waals surface area contributed by atoms with Crippen LogP contribution in [-0.2, 0) is 6.42 Å². The lowest BCUT2D eigenvalue weighted by molar-refractivity contribution is 0.311. The second-order valence-electron chi connectivity index (χ2n) is 4.99. The Kier molecular flexibility index (Phi) is 4.88. The molecule has 0 spiro atoms. The minimum Gasteiger partial charge on any atom is -0.491 e. The fraction of sp³-hybridized carbons (Fsp3) is 0.294. The molecule has 0 atom stereocenters. The van der Waals surface area contributed by atoms with Crippen molar-refractivity contribution in [3.05, 3.63) is 53.6 Å². The Hall–Kier alpha value is -2.16. The molecule has 2 rings (SSSR count). The zero-order valence-corrected chi connectivity index (χ0v) is 11.9. The summed E-state index contributed by atoms with van der Waals surface area (Å²) in [5.74, 6) is 0.784. The lowest BCUT2D eigenvalue weighted by Crippen LogP contribution is -2.01. The second-order valence-corrected chi connectivity index (χ2v) is 4.99. The smallest absolute Gasteiger partial charge is 0.142 e. The highest BCUT2D eigenvalue weighted by Gasteiger charge is 2.03. The zero-order valence-electron chi connectivity index (χ0n) is 11.9. The number of ether oxygens (including phenoxy) is 1. The molecule has 2 aromatic rings. The van der Waals surface area contributed by atoms with Gasteiger partial charge < -0.3 is 16.2 Å². The van der Waals surface area contributed by atoms with Crippen molar-refractivity contribution >= 4 is 11.4 Å². The third-order valence-corrected chi connectivity index (χ3v) is 3.22. The summed E-state index contributed by atoms with van der Waals surface area (Å²) in [6, 6.07) is 13.9. The van der Waals surface area contributed by atoms with Crippen LogP contribution in [0.5, 0.6) is 5.75 Å². The van der Waals surface area contributed by atoms with E-state index in [9.17, 15) is 0 Å². The van der Waals surface area contributed by atoms with E-state index in [2.05, 4.69) is 6.92 Å². The average molecular weight is 270 g/mol. The zero-order chi connectivity index (χ0) is 14.4. The van der Waals surface area contributed by atoms with E-state index in [0.717, 1.165) is 30.7 Å². The van der Waals surface area contributed by atoms with E-state index in [1.54, 1.807) is 0 Å². The van der Waals surface area contributed by atoms with Crippen LogP contribution in [0.2, 0.25) is 0 Å². The fourth-order valence-corrected chi connectivity index (χ4v) is 2.01. The average Bonchev–Trinajstić information content (AvgIpc) is 2.45. The molecule has 4 N–H and O–H groups in total. The predicted molar refractivity (Wildman–Crippen MR) is 84.9 cm³/mol. The summed E-state index contributed by atoms with van der Waals surface area (Å²) in [6.07, 6.45) is 3.01. The molecule has 0 radical (unpaired) electrons. The molecule has 0 saturated carbocycles. The van der Waals surface area contributed by atoms with Gasteiger partial charge in [-0.1, -0.05) is 31.5 Å². The van der Waals surface area contributed by atoms with E-state index in [1.807, 2.05) is 42.5 Å². The van der Waals surface area contributed by atoms with Gasteiger partial charge in [0, 0.05) is 5.69 Å². The van der Waals surface area contributed by atoms with E-state index in [-0.39, 0.29) is 0 Å². The predicted octanol–water partition coefficient (Wildman–Crippen LogP) is 3.62. The summed E-state index contributed by atoms with van der Waals surface area (Å²) >= 11 is 0. The standard InChI is InChI=1S/C17H22N2O/c1-2-3-10-20-17-12-14(6-9-16(17)19)11-13-4-7-15(18)8-5-13/h4-9,12H,2-3,10-11,18-19H2,1H3. The third kappa shape index (κ3) is 3.92. The molecule has 0 fully saturated rings. The van der Waals surface area contributed by atoms with E-state index < -0.39 is 0 Å². The fourth-order valence-electron chi connectivity index (χ4n) is 2.01. The van der Waals surface area contributed by atoms with Gasteiger partial charge in [-0.15, -0.1) is 0 Å². The van der Waals surface area contributed by atoms with E-state index in [0.29, 0.717) is 12.3 Å². The number of nitrogens with two attached hydrogens (primary N) is 2. The summed E-state index contributed by atoms with van der Waals surface area (Å²) in [5.41, 5.74) is 15.5. The van der Waals surface area contributed by atoms with Gasteiger partial charge in [0.1, 0.15) is 5.75 Å². The molecular formula is C17H22N2O. The Morgan fingerprint density at radius 2 is 1.65 bits per heavy atom. The normalized spacial score (nSPS) is 10.4. The molecule has 0 aliphatic heterocycles. The number of unbranched alkanes of at least 4 members (excludes halogenated alkanes) is 1. The summed E-state index contributed by atoms with van der Waals surface area (Å²) in [4.78, 5) is 0. The van der Waals surface area contributed by atoms with Crippen LogP contribution in [0.4, 0.5) is 11.4 Å². The highest BCUT2D eigenvalue weighted by molar-refractivity contribution is 5.54. The Morgan fingerprint density at radius 1 is 0.950 bits per heavy atom. The van der Waals surface area contributed by atoms with Gasteiger partial charge in [0.2, 0.25) is 0 Å². The highest BCUT2D eigenvalue weighted by Crippen LogP contribution is 2.24. The number of anilines is 2. The summed E-state index contributed by atoms with van der Waals surface area (Å²) < 4.78 is 5.73. The molecule has 2 aromatic carbocycles. The maximum atomic E-state index is 5.94. The second kappa shape index (κ2) is 6.85. The number of nitrogen functional groups attached to an aromatic ring is 2. The SMILES string of the molecule is CCCCOc1cc(Cc2ccc(N)cc2)ccc1N. The molecule has 3 heteroatoms. The highest BCUT2D eigenvalue weighted by atomic mass is 16.5. The van der Waals surface area contributed by atoms with Crippen LogP contribution < -0.4 is 16.2 Å². The molecule has 0 amide bonds. The number of hydrogen-bond donors (Lipinski definition) is 2. The van der Waals surface area contributed by atoms with Crippen molar-refractivity contribution in [2.24, 2.45) is 0 Å². The summed E-state index contributed by atoms with van der Waals surface area (Å²) in [6.45, 7) is 2.86. The first-order chi connectivity index (χ1) is 9.69. The monoisotopic (exact) mass is 270 g/mol. The van der Waals surface area contributed by atoms with Gasteiger partial charge in [-0.05, 0) is 48.2 Å². The molecular weight excluding hydrogens is 248 g/mol. The molecule has 20 heavy (non-hydrogen) atoms. The van der Waals surface area contributed by atoms with Gasteiger partial charge in [-0.2, -0.15) is 0 Å². The van der Waals surface area contributed by atoms with Crippen molar-refractivity contribution in [1.29, 1.82) is 0 Å². The maximum absolute atomic E-state index is 5.94. The quantitative estimate of drug-likeness (QED) is 0.622. The van der Waals surface area contributed by atoms with Gasteiger partial charge in [0.25, 0.3) is 0 Å². The molecule has 106 valence electrons. The number of hydrogen-bond acceptors (Lipinski definition) is 3. The van der Waals surface area contributed by atoms with Crippen molar-refractivity contribution in [3.8, 4) is 5.75 Å². The minimum absolute atomic E-state index is 0.696. The maximum Gasteiger partial charge on any atom is 0.142 e. The van der Waals surface area contributed by atoms with Crippen molar-refractivity contribution in [2.45, 2.75) is 26.2 Å². The molecule has 0 aliphatic carbocycles. The third-order valence-electron chi connectivity index (χ3n) is 3.22. The summed E-state index contributed by atoms with van der Waals surface area (Å²) in [7, 11) is 0. The van der Waals surface area contributed by atoms with Crippen molar-refractivity contribution < 1.29 is 4.74 Å². The van der Waals surface area contributed by atoms with Crippen LogP contribution in [-0.4, -0.2) is 6.61 Å². The molecule has 0 unspecified atom stereocenters. The van der Waals surface area contributed by atoms with Crippen LogP contribution in [0.1, 0.15) is 30.9 Å². The topological polar surface area (TPSA) is 61.3 Å². The molecule has 3 nitrogen and oxygen atoms in total. The molecule has 0 aliphatic rings. The first-order valence-electron chi connectivity index (χ1n) is 7.04. The van der Waals surface area contributed by atoms with Crippen LogP contribution in [0.25, 0.3) is 0 Å². The molecule has 0 heterocycles. The van der Waals surface area contributed by atoms with Crippen molar-refractivity contribution in [3.63, 3.8) is 0 Å². The lowest BCUT2D eigenvalue weighted by atomic mass is 10.0. The van der Waals surface area contributed by atoms with Crippen LogP contribution in [0.3, 0.4) is 0 Å². The van der Waals surface area contributed by atoms with Crippen molar-refractivity contribution in [1.82, 2.24) is 0 Å². The van der Waals surface area contributed by atoms with Gasteiger partial charge in [-0.25, -0.2) is 0 Å². The van der Waals surface area contributed by atoms with Crippen molar-refractivity contribution in [2.75, 3.05) is 18.1 Å². The van der Waals surface area contributed by atoms with Crippen LogP contribution in [0.15, 0.2) is 42.5 Å². The van der Waals surface area contributed by atoms with E-state index >= 15 is 0 Å². The van der Waals surface area contributed by atoms with Gasteiger partial charge >= 0.3 is 0 Å². The van der Waals surface area contributed by atoms with Gasteiger partial charge in [-0.3, -0.25) is 0 Å². The Morgan fingerprint density at radius 3 is 2.35 bits per heavy atom. The van der Waals surface area contributed by atoms with E-state index in [1.165, 1.54) is 11.1 Å². The van der Waals surface area contributed by atoms with Gasteiger partial charge in [0.05, 0.1) is 12.3 Å². The largest absolute Gasteiger partial charge is 0.491 e. The summed E-state index contributed by atoms with van der Waals surface area (Å²) in [5, 5.41) is 0. The number of rotatable bonds is 6. The van der Waals surface area contributed by atoms with Gasteiger partial charge in [0.15, 0.2) is 0 Å². The molecule has 0 aromatic heterocycles. The Balaban J connectivity index is 2.08. The van der Waals surface area contributed by atoms with Crippen LogP contribution >= 0.6 is 0 Å². The Labute approximate surface area is 120 Å². The number of benzene rings is 2. The molecule has 0 bridgehead atoms.